The third-order valence-electron chi connectivity index (χ3n) is 3.49. The van der Waals surface area contributed by atoms with Gasteiger partial charge in [-0.2, -0.15) is 4.31 Å². The fourth-order valence-electron chi connectivity index (χ4n) is 2.40. The smallest absolute Gasteiger partial charge is 0.322 e. The molecule has 110 valence electrons. The van der Waals surface area contributed by atoms with Gasteiger partial charge in [-0.25, -0.2) is 8.42 Å². The zero-order valence-corrected chi connectivity index (χ0v) is 11.9. The summed E-state index contributed by atoms with van der Waals surface area (Å²) in [6, 6.07) is 2.62. The monoisotopic (exact) mass is 298 g/mol. The number of carboxylic acid groups (broad SMARTS) is 1. The summed E-state index contributed by atoms with van der Waals surface area (Å²) in [5, 5.41) is 9.14. The van der Waals surface area contributed by atoms with Gasteiger partial charge in [0.1, 0.15) is 6.04 Å². The Balaban J connectivity index is 2.06. The largest absolute Gasteiger partial charge is 0.480 e. The minimum Gasteiger partial charge on any atom is -0.480 e. The van der Waals surface area contributed by atoms with Crippen molar-refractivity contribution in [2.45, 2.75) is 31.7 Å². The quantitative estimate of drug-likeness (QED) is 0.872. The zero-order valence-electron chi connectivity index (χ0n) is 11.1. The van der Waals surface area contributed by atoms with Crippen molar-refractivity contribution in [1.29, 1.82) is 0 Å². The lowest BCUT2D eigenvalue weighted by Crippen LogP contribution is -2.48. The van der Waals surface area contributed by atoms with Gasteiger partial charge in [0.2, 0.25) is 10.0 Å². The van der Waals surface area contributed by atoms with E-state index in [9.17, 15) is 13.2 Å². The molecule has 1 N–H and O–H groups in total. The molecule has 1 aromatic rings. The van der Waals surface area contributed by atoms with Crippen LogP contribution >= 0.6 is 0 Å². The van der Waals surface area contributed by atoms with Crippen molar-refractivity contribution in [2.24, 2.45) is 0 Å². The van der Waals surface area contributed by atoms with Gasteiger partial charge in [-0.15, -0.1) is 0 Å². The Hall–Kier alpha value is -1.47. The van der Waals surface area contributed by atoms with E-state index < -0.39 is 22.0 Å². The number of aromatic nitrogens is 1. The molecule has 1 saturated heterocycles. The summed E-state index contributed by atoms with van der Waals surface area (Å²) in [6.45, 7) is 0.301. The number of nitrogens with zero attached hydrogens (tertiary/aromatic N) is 2. The molecule has 0 unspecified atom stereocenters. The van der Waals surface area contributed by atoms with Crippen LogP contribution in [0.25, 0.3) is 0 Å². The van der Waals surface area contributed by atoms with Crippen molar-refractivity contribution in [1.82, 2.24) is 9.29 Å². The second kappa shape index (κ2) is 6.32. The fraction of sp³-hybridized carbons (Fsp3) is 0.538. The van der Waals surface area contributed by atoms with Gasteiger partial charge in [0.15, 0.2) is 0 Å². The number of pyridine rings is 1. The first-order valence-electron chi connectivity index (χ1n) is 6.62. The Morgan fingerprint density at radius 3 is 2.70 bits per heavy atom. The maximum absolute atomic E-state index is 12.3. The number of hydrogen-bond acceptors (Lipinski definition) is 4. The van der Waals surface area contributed by atoms with Crippen LogP contribution in [-0.4, -0.2) is 47.1 Å². The van der Waals surface area contributed by atoms with Gasteiger partial charge in [0, 0.05) is 18.9 Å². The maximum atomic E-state index is 12.3. The van der Waals surface area contributed by atoms with Crippen LogP contribution in [0.3, 0.4) is 0 Å². The minimum atomic E-state index is -3.54. The van der Waals surface area contributed by atoms with Crippen molar-refractivity contribution in [3.05, 3.63) is 30.1 Å². The molecule has 1 aliphatic rings. The molecule has 0 aliphatic carbocycles. The molecule has 0 spiro atoms. The van der Waals surface area contributed by atoms with E-state index in [-0.39, 0.29) is 5.75 Å². The van der Waals surface area contributed by atoms with Crippen LogP contribution in [-0.2, 0) is 21.2 Å². The highest BCUT2D eigenvalue weighted by molar-refractivity contribution is 7.89. The molecule has 1 atom stereocenters. The molecular formula is C13H18N2O4S. The van der Waals surface area contributed by atoms with E-state index in [2.05, 4.69) is 4.98 Å². The molecule has 0 saturated carbocycles. The van der Waals surface area contributed by atoms with Crippen molar-refractivity contribution in [3.63, 3.8) is 0 Å². The van der Waals surface area contributed by atoms with E-state index in [1.54, 1.807) is 24.5 Å². The van der Waals surface area contributed by atoms with Crippen LogP contribution in [0.5, 0.6) is 0 Å². The molecule has 0 bridgehead atoms. The van der Waals surface area contributed by atoms with E-state index >= 15 is 0 Å². The summed E-state index contributed by atoms with van der Waals surface area (Å²) < 4.78 is 25.8. The molecule has 7 heteroatoms. The summed E-state index contributed by atoms with van der Waals surface area (Å²) >= 11 is 0. The topological polar surface area (TPSA) is 87.6 Å². The molecule has 0 aromatic carbocycles. The maximum Gasteiger partial charge on any atom is 0.322 e. The number of hydrogen-bond donors (Lipinski definition) is 1. The summed E-state index contributed by atoms with van der Waals surface area (Å²) in [5.41, 5.74) is 0.882. The highest BCUT2D eigenvalue weighted by Gasteiger charge is 2.36. The first-order valence-corrected chi connectivity index (χ1v) is 8.23. The molecule has 1 fully saturated rings. The first kappa shape index (κ1) is 14.9. The normalized spacial score (nSPS) is 20.7. The zero-order chi connectivity index (χ0) is 14.6. The summed E-state index contributed by atoms with van der Waals surface area (Å²) in [6.07, 6.45) is 5.47. The summed E-state index contributed by atoms with van der Waals surface area (Å²) in [4.78, 5) is 15.0. The molecule has 0 amide bonds. The van der Waals surface area contributed by atoms with Gasteiger partial charge in [0.25, 0.3) is 0 Å². The third kappa shape index (κ3) is 3.55. The van der Waals surface area contributed by atoms with Gasteiger partial charge in [-0.05, 0) is 43.4 Å². The predicted octanol–water partition coefficient (Wildman–Crippen LogP) is 0.893. The number of piperidine rings is 1. The lowest BCUT2D eigenvalue weighted by atomic mass is 10.1. The van der Waals surface area contributed by atoms with Crippen molar-refractivity contribution < 1.29 is 18.3 Å². The van der Waals surface area contributed by atoms with Gasteiger partial charge >= 0.3 is 5.97 Å². The SMILES string of the molecule is O=C(O)[C@H]1CCCCN1S(=O)(=O)CCc1ccncc1. The summed E-state index contributed by atoms with van der Waals surface area (Å²) in [5.74, 6) is -1.13. The Labute approximate surface area is 118 Å². The fourth-order valence-corrected chi connectivity index (χ4v) is 4.12. The second-order valence-corrected chi connectivity index (χ2v) is 6.92. The molecular weight excluding hydrogens is 280 g/mol. The van der Waals surface area contributed by atoms with Gasteiger partial charge in [-0.3, -0.25) is 9.78 Å². The van der Waals surface area contributed by atoms with Crippen molar-refractivity contribution >= 4 is 16.0 Å². The Morgan fingerprint density at radius 1 is 1.35 bits per heavy atom. The predicted molar refractivity (Wildman–Crippen MR) is 73.7 cm³/mol. The molecule has 1 aliphatic heterocycles. The molecule has 2 heterocycles. The number of carboxylic acids is 1. The molecule has 1 aromatic heterocycles. The minimum absolute atomic E-state index is 0.0687. The van der Waals surface area contributed by atoms with Crippen LogP contribution in [0.15, 0.2) is 24.5 Å². The highest BCUT2D eigenvalue weighted by Crippen LogP contribution is 2.21. The Kier molecular flexibility index (Phi) is 4.72. The number of rotatable bonds is 5. The summed E-state index contributed by atoms with van der Waals surface area (Å²) in [7, 11) is -3.54. The lowest BCUT2D eigenvalue weighted by Gasteiger charge is -2.31. The standard InChI is InChI=1S/C13H18N2O4S/c16-13(17)12-3-1-2-9-15(12)20(18,19)10-6-11-4-7-14-8-5-11/h4-5,7-8,12H,1-3,6,9-10H2,(H,16,17)/t12-/m1/s1. The molecule has 2 rings (SSSR count). The van der Waals surface area contributed by atoms with E-state index in [1.807, 2.05) is 0 Å². The van der Waals surface area contributed by atoms with Crippen molar-refractivity contribution in [3.8, 4) is 0 Å². The van der Waals surface area contributed by atoms with Crippen LogP contribution in [0, 0.1) is 0 Å². The average Bonchev–Trinajstić information content (AvgIpc) is 2.46. The van der Waals surface area contributed by atoms with Crippen molar-refractivity contribution in [2.75, 3.05) is 12.3 Å². The molecule has 0 radical (unpaired) electrons. The van der Waals surface area contributed by atoms with Crippen LogP contribution < -0.4 is 0 Å². The van der Waals surface area contributed by atoms with Crippen LogP contribution in [0.2, 0.25) is 0 Å². The van der Waals surface area contributed by atoms with E-state index in [1.165, 1.54) is 0 Å². The highest BCUT2D eigenvalue weighted by atomic mass is 32.2. The number of carbonyl (C=O) groups is 1. The van der Waals surface area contributed by atoms with Gasteiger partial charge < -0.3 is 5.11 Å². The third-order valence-corrected chi connectivity index (χ3v) is 5.37. The van der Waals surface area contributed by atoms with Gasteiger partial charge in [0.05, 0.1) is 5.75 Å². The lowest BCUT2D eigenvalue weighted by molar-refractivity contribution is -0.142. The molecule has 6 nitrogen and oxygen atoms in total. The Bertz CT molecular complexity index is 559. The first-order chi connectivity index (χ1) is 9.50. The second-order valence-electron chi connectivity index (χ2n) is 4.88. The van der Waals surface area contributed by atoms with E-state index in [0.717, 1.165) is 22.7 Å². The number of aliphatic carboxylic acids is 1. The number of aryl methyl sites for hydroxylation is 1. The Morgan fingerprint density at radius 2 is 2.05 bits per heavy atom. The van der Waals surface area contributed by atoms with Crippen LogP contribution in [0.1, 0.15) is 24.8 Å². The van der Waals surface area contributed by atoms with E-state index in [0.29, 0.717) is 19.4 Å². The molecule has 20 heavy (non-hydrogen) atoms. The van der Waals surface area contributed by atoms with Gasteiger partial charge in [-0.1, -0.05) is 0 Å². The average molecular weight is 298 g/mol. The number of sulfonamides is 1. The van der Waals surface area contributed by atoms with E-state index in [4.69, 9.17) is 5.11 Å². The van der Waals surface area contributed by atoms with Crippen LogP contribution in [0.4, 0.5) is 0 Å².